The molecule has 3 heterocycles. The number of nitrogen functional groups attached to an aromatic ring is 1. The predicted molar refractivity (Wildman–Crippen MR) is 72.6 cm³/mol. The van der Waals surface area contributed by atoms with Crippen LogP contribution in [0.15, 0.2) is 12.7 Å². The van der Waals surface area contributed by atoms with Crippen molar-refractivity contribution in [3.63, 3.8) is 0 Å². The minimum atomic E-state index is -1.66. The lowest BCUT2D eigenvalue weighted by atomic mass is 10.1. The van der Waals surface area contributed by atoms with Crippen molar-refractivity contribution in [3.05, 3.63) is 12.7 Å². The maximum absolute atomic E-state index is 12.6. The van der Waals surface area contributed by atoms with Crippen LogP contribution in [0.3, 0.4) is 0 Å². The molecule has 12 heteroatoms. The van der Waals surface area contributed by atoms with Gasteiger partial charge in [-0.3, -0.25) is 4.57 Å². The van der Waals surface area contributed by atoms with Gasteiger partial charge in [-0.15, -0.1) is 0 Å². The van der Waals surface area contributed by atoms with Gasteiger partial charge in [-0.05, 0) is 0 Å². The summed E-state index contributed by atoms with van der Waals surface area (Å²) in [5, 5.41) is 28.4. The fourth-order valence-electron chi connectivity index (χ4n) is 2.14. The average molecular weight is 346 g/mol. The molecule has 0 aliphatic carbocycles. The van der Waals surface area contributed by atoms with Crippen molar-refractivity contribution in [2.24, 2.45) is 0 Å². The molecular weight excluding hydrogens is 332 g/mol. The molecule has 3 rings (SSSR count). The number of aliphatic carboxylic acids is 1. The summed E-state index contributed by atoms with van der Waals surface area (Å²) in [6.45, 7) is -2.28. The number of aliphatic hydroxyl groups excluding tert-OH is 2. The molecular formula is C12H14F2N5O5-. The molecule has 1 fully saturated rings. The highest BCUT2D eigenvalue weighted by atomic mass is 19.1. The maximum atomic E-state index is 12.6. The number of carbonyl (C=O) groups is 1. The first-order valence-corrected chi connectivity index (χ1v) is 6.67. The highest BCUT2D eigenvalue weighted by molar-refractivity contribution is 5.81. The number of rotatable bonds is 3. The quantitative estimate of drug-likeness (QED) is 0.555. The van der Waals surface area contributed by atoms with Crippen molar-refractivity contribution in [3.8, 4) is 0 Å². The summed E-state index contributed by atoms with van der Waals surface area (Å²) < 4.78 is 29.8. The summed E-state index contributed by atoms with van der Waals surface area (Å²) in [6, 6.07) is 0. The van der Waals surface area contributed by atoms with Crippen LogP contribution < -0.4 is 10.8 Å². The van der Waals surface area contributed by atoms with Crippen molar-refractivity contribution >= 4 is 23.0 Å². The number of nitrogens with zero attached hydrogens (tertiary/aromatic N) is 4. The second-order valence-electron chi connectivity index (χ2n) is 4.79. The average Bonchev–Trinajstić information content (AvgIpc) is 3.11. The van der Waals surface area contributed by atoms with Gasteiger partial charge >= 0.3 is 0 Å². The fourth-order valence-corrected chi connectivity index (χ4v) is 2.14. The second kappa shape index (κ2) is 7.42. The van der Waals surface area contributed by atoms with E-state index < -0.39 is 43.9 Å². The summed E-state index contributed by atoms with van der Waals surface area (Å²) >= 11 is 0. The number of imidazole rings is 1. The van der Waals surface area contributed by atoms with Crippen LogP contribution >= 0.6 is 0 Å². The third-order valence-corrected chi connectivity index (χ3v) is 3.26. The van der Waals surface area contributed by atoms with E-state index in [4.69, 9.17) is 20.4 Å². The third-order valence-electron chi connectivity index (χ3n) is 3.26. The molecule has 1 aliphatic rings. The zero-order valence-corrected chi connectivity index (χ0v) is 12.1. The molecule has 2 aromatic rings. The minimum Gasteiger partial charge on any atom is -0.547 e. The van der Waals surface area contributed by atoms with E-state index >= 15 is 0 Å². The molecule has 132 valence electrons. The number of aliphatic hydroxyl groups is 2. The van der Waals surface area contributed by atoms with Gasteiger partial charge < -0.3 is 30.6 Å². The van der Waals surface area contributed by atoms with Gasteiger partial charge in [0.05, 0.1) is 12.3 Å². The Morgan fingerprint density at radius 2 is 2.00 bits per heavy atom. The molecule has 10 nitrogen and oxygen atoms in total. The standard InChI is InChI=1S/C10H12FN5O3.C2H3FO2/c11-1-4-6(17)7(18)10(19-4)16-3-15-5-8(12)13-2-14-9(5)16;3-1-2(4)5/h2-4,6-7,10,17-18H,1H2,(H2,12,13,14);1H2,(H,4,5)/p-1/t4-,6?,7?,10-;/m1./s1. The smallest absolute Gasteiger partial charge is 0.167 e. The van der Waals surface area contributed by atoms with E-state index in [0.29, 0.717) is 11.2 Å². The first kappa shape index (κ1) is 17.9. The number of hydrogen-bond acceptors (Lipinski definition) is 9. The summed E-state index contributed by atoms with van der Waals surface area (Å²) in [7, 11) is 0. The van der Waals surface area contributed by atoms with Crippen molar-refractivity contribution in [1.82, 2.24) is 19.5 Å². The zero-order valence-electron chi connectivity index (χ0n) is 12.1. The van der Waals surface area contributed by atoms with Gasteiger partial charge in [0.25, 0.3) is 0 Å². The normalized spacial score (nSPS) is 26.2. The minimum absolute atomic E-state index is 0.193. The number of carboxylic acid groups (broad SMARTS) is 1. The Kier molecular flexibility index (Phi) is 5.54. The van der Waals surface area contributed by atoms with Crippen molar-refractivity contribution in [2.75, 3.05) is 19.1 Å². The molecule has 0 radical (unpaired) electrons. The third kappa shape index (κ3) is 3.39. The highest BCUT2D eigenvalue weighted by Gasteiger charge is 2.44. The Labute approximate surface area is 133 Å². The number of nitrogens with two attached hydrogens (primary N) is 1. The van der Waals surface area contributed by atoms with Gasteiger partial charge in [-0.2, -0.15) is 0 Å². The van der Waals surface area contributed by atoms with Crippen LogP contribution in [0, 0.1) is 0 Å². The number of anilines is 1. The number of halogens is 2. The van der Waals surface area contributed by atoms with Crippen LogP contribution in [0.5, 0.6) is 0 Å². The lowest BCUT2D eigenvalue weighted by molar-refractivity contribution is -0.306. The monoisotopic (exact) mass is 346 g/mol. The second-order valence-corrected chi connectivity index (χ2v) is 4.79. The van der Waals surface area contributed by atoms with E-state index in [1.807, 2.05) is 0 Å². The van der Waals surface area contributed by atoms with Crippen LogP contribution in [0.2, 0.25) is 0 Å². The zero-order chi connectivity index (χ0) is 17.9. The van der Waals surface area contributed by atoms with Gasteiger partial charge in [0, 0.05) is 0 Å². The van der Waals surface area contributed by atoms with E-state index in [-0.39, 0.29) is 5.82 Å². The molecule has 0 spiro atoms. The lowest BCUT2D eigenvalue weighted by Gasteiger charge is -2.16. The van der Waals surface area contributed by atoms with Crippen LogP contribution in [-0.4, -0.2) is 67.4 Å². The van der Waals surface area contributed by atoms with E-state index in [2.05, 4.69) is 15.0 Å². The number of fused-ring (bicyclic) bond motifs is 1. The first-order chi connectivity index (χ1) is 11.4. The maximum Gasteiger partial charge on any atom is 0.167 e. The number of carbonyl (C=O) groups excluding carboxylic acids is 1. The molecule has 2 aromatic heterocycles. The van der Waals surface area contributed by atoms with E-state index in [0.717, 1.165) is 0 Å². The van der Waals surface area contributed by atoms with Crippen LogP contribution in [-0.2, 0) is 9.53 Å². The lowest BCUT2D eigenvalue weighted by Crippen LogP contribution is -2.32. The molecule has 0 saturated carbocycles. The molecule has 24 heavy (non-hydrogen) atoms. The molecule has 0 bridgehead atoms. The van der Waals surface area contributed by atoms with Crippen LogP contribution in [0.4, 0.5) is 14.6 Å². The van der Waals surface area contributed by atoms with E-state index in [1.165, 1.54) is 17.2 Å². The number of carboxylic acids is 1. The Morgan fingerprint density at radius 1 is 1.33 bits per heavy atom. The van der Waals surface area contributed by atoms with Gasteiger partial charge in [-0.1, -0.05) is 0 Å². The molecule has 4 N–H and O–H groups in total. The number of alkyl halides is 2. The Balaban J connectivity index is 0.000000368. The Bertz CT molecular complexity index is 714. The summed E-state index contributed by atoms with van der Waals surface area (Å²) in [4.78, 5) is 20.7. The van der Waals surface area contributed by atoms with Gasteiger partial charge in [0.15, 0.2) is 17.7 Å². The summed E-state index contributed by atoms with van der Waals surface area (Å²) in [6.07, 6.45) is -2.00. The molecule has 1 aliphatic heterocycles. The van der Waals surface area contributed by atoms with Gasteiger partial charge in [-0.25, -0.2) is 23.7 Å². The topological polar surface area (TPSA) is 159 Å². The SMILES string of the molecule is Nc1ncnc2c1ncn2[C@@H]1O[C@H](CF)C(O)C1O.O=C([O-])CF. The Hall–Kier alpha value is -2.44. The number of hydrogen-bond donors (Lipinski definition) is 3. The van der Waals surface area contributed by atoms with Gasteiger partial charge in [0.1, 0.15) is 43.5 Å². The van der Waals surface area contributed by atoms with E-state index in [9.17, 15) is 19.0 Å². The first-order valence-electron chi connectivity index (χ1n) is 6.67. The van der Waals surface area contributed by atoms with Gasteiger partial charge in [0.2, 0.25) is 0 Å². The molecule has 0 amide bonds. The largest absolute Gasteiger partial charge is 0.547 e. The molecule has 2 unspecified atom stereocenters. The van der Waals surface area contributed by atoms with E-state index in [1.54, 1.807) is 0 Å². The molecule has 1 saturated heterocycles. The van der Waals surface area contributed by atoms with Crippen LogP contribution in [0.25, 0.3) is 11.2 Å². The van der Waals surface area contributed by atoms with Crippen molar-refractivity contribution in [1.29, 1.82) is 0 Å². The van der Waals surface area contributed by atoms with Crippen molar-refractivity contribution in [2.45, 2.75) is 24.5 Å². The van der Waals surface area contributed by atoms with Crippen molar-refractivity contribution < 1.29 is 33.6 Å². The molecule has 4 atom stereocenters. The van der Waals surface area contributed by atoms with Crippen LogP contribution in [0.1, 0.15) is 6.23 Å². The highest BCUT2D eigenvalue weighted by Crippen LogP contribution is 2.31. The molecule has 0 aromatic carbocycles. The fraction of sp³-hybridized carbons (Fsp3) is 0.500. The summed E-state index contributed by atoms with van der Waals surface area (Å²) in [5.41, 5.74) is 6.35. The summed E-state index contributed by atoms with van der Waals surface area (Å²) in [5.74, 6) is -1.47. The Morgan fingerprint density at radius 3 is 2.54 bits per heavy atom. The number of aromatic nitrogens is 4. The predicted octanol–water partition coefficient (Wildman–Crippen LogP) is -2.30. The number of ether oxygens (including phenoxy) is 1.